The Morgan fingerprint density at radius 2 is 2.19 bits per heavy atom. The topological polar surface area (TPSA) is 55.6 Å². The number of likely N-dealkylation sites (tertiary alicyclic amines) is 1. The summed E-state index contributed by atoms with van der Waals surface area (Å²) in [6, 6.07) is 0. The van der Waals surface area contributed by atoms with Gasteiger partial charge in [-0.25, -0.2) is 0 Å². The number of ether oxygens (including phenoxy) is 1. The lowest BCUT2D eigenvalue weighted by Crippen LogP contribution is -2.45. The first kappa shape index (κ1) is 13.2. The molecule has 0 saturated carbocycles. The number of hydrogen-bond donors (Lipinski definition) is 1. The van der Waals surface area contributed by atoms with Crippen molar-refractivity contribution in [2.24, 2.45) is 11.1 Å². The van der Waals surface area contributed by atoms with Crippen LogP contribution < -0.4 is 5.73 Å². The first-order chi connectivity index (χ1) is 7.36. The molecule has 0 aliphatic carbocycles. The minimum absolute atomic E-state index is 0.0822. The van der Waals surface area contributed by atoms with Crippen LogP contribution in [0.25, 0.3) is 0 Å². The van der Waals surface area contributed by atoms with Gasteiger partial charge in [0, 0.05) is 20.2 Å². The van der Waals surface area contributed by atoms with Crippen LogP contribution in [0.1, 0.15) is 6.42 Å². The quantitative estimate of drug-likeness (QED) is 0.775. The maximum Gasteiger partial charge on any atom is 0.398 e. The fourth-order valence-electron chi connectivity index (χ4n) is 1.92. The first-order valence-electron chi connectivity index (χ1n) is 4.90. The van der Waals surface area contributed by atoms with Crippen molar-refractivity contribution in [1.29, 1.82) is 0 Å². The van der Waals surface area contributed by atoms with Gasteiger partial charge in [-0.3, -0.25) is 4.79 Å². The molecule has 1 heterocycles. The Balaban J connectivity index is 2.80. The van der Waals surface area contributed by atoms with Gasteiger partial charge in [-0.05, 0) is 6.42 Å². The highest BCUT2D eigenvalue weighted by Crippen LogP contribution is 2.45. The molecular weight excluding hydrogens is 225 g/mol. The molecule has 1 fully saturated rings. The van der Waals surface area contributed by atoms with E-state index in [0.717, 1.165) is 4.90 Å². The Morgan fingerprint density at radius 1 is 1.56 bits per heavy atom. The molecule has 2 N–H and O–H groups in total. The zero-order valence-electron chi connectivity index (χ0n) is 9.01. The lowest BCUT2D eigenvalue weighted by atomic mass is 9.87. The third-order valence-corrected chi connectivity index (χ3v) is 2.90. The normalized spacial score (nSPS) is 26.2. The molecule has 0 spiro atoms. The molecule has 0 bridgehead atoms. The van der Waals surface area contributed by atoms with Crippen molar-refractivity contribution in [3.8, 4) is 0 Å². The van der Waals surface area contributed by atoms with Gasteiger partial charge in [-0.1, -0.05) is 0 Å². The number of amides is 1. The molecule has 0 aromatic carbocycles. The average Bonchev–Trinajstić information content (AvgIpc) is 2.62. The molecule has 0 radical (unpaired) electrons. The molecule has 1 atom stereocenters. The van der Waals surface area contributed by atoms with Crippen molar-refractivity contribution in [3.63, 3.8) is 0 Å². The SMILES string of the molecule is COC[C@@]1(C(F)(F)F)CCN(C(=O)CN)C1. The Bertz CT molecular complexity index is 270. The monoisotopic (exact) mass is 240 g/mol. The predicted octanol–water partition coefficient (Wildman–Crippen LogP) is 0.373. The number of halogens is 3. The van der Waals surface area contributed by atoms with Crippen LogP contribution >= 0.6 is 0 Å². The fraction of sp³-hybridized carbons (Fsp3) is 0.889. The number of carbonyl (C=O) groups is 1. The van der Waals surface area contributed by atoms with Crippen LogP contribution in [0, 0.1) is 5.41 Å². The van der Waals surface area contributed by atoms with Crippen LogP contribution in [-0.4, -0.2) is 50.3 Å². The number of nitrogens with zero attached hydrogens (tertiary/aromatic N) is 1. The van der Waals surface area contributed by atoms with Gasteiger partial charge in [0.1, 0.15) is 5.41 Å². The maximum atomic E-state index is 12.9. The Kier molecular flexibility index (Phi) is 3.80. The molecule has 1 aliphatic rings. The molecule has 0 unspecified atom stereocenters. The summed E-state index contributed by atoms with van der Waals surface area (Å²) in [7, 11) is 1.22. The fourth-order valence-corrected chi connectivity index (χ4v) is 1.92. The second-order valence-electron chi connectivity index (χ2n) is 3.98. The Hall–Kier alpha value is -0.820. The Labute approximate surface area is 91.5 Å². The summed E-state index contributed by atoms with van der Waals surface area (Å²) in [4.78, 5) is 12.4. The summed E-state index contributed by atoms with van der Waals surface area (Å²) in [6.07, 6.45) is -4.50. The highest BCUT2D eigenvalue weighted by atomic mass is 19.4. The van der Waals surface area contributed by atoms with Gasteiger partial charge in [0.25, 0.3) is 0 Å². The number of nitrogens with two attached hydrogens (primary N) is 1. The highest BCUT2D eigenvalue weighted by Gasteiger charge is 2.58. The molecule has 1 saturated heterocycles. The van der Waals surface area contributed by atoms with Gasteiger partial charge in [0.2, 0.25) is 5.91 Å². The summed E-state index contributed by atoms with van der Waals surface area (Å²) in [5.74, 6) is -0.456. The largest absolute Gasteiger partial charge is 0.398 e. The van der Waals surface area contributed by atoms with Gasteiger partial charge < -0.3 is 15.4 Å². The molecule has 94 valence electrons. The van der Waals surface area contributed by atoms with Gasteiger partial charge in [0.15, 0.2) is 0 Å². The zero-order valence-corrected chi connectivity index (χ0v) is 9.01. The van der Waals surface area contributed by atoms with E-state index < -0.39 is 24.1 Å². The van der Waals surface area contributed by atoms with Crippen LogP contribution in [0.15, 0.2) is 0 Å². The summed E-state index contributed by atoms with van der Waals surface area (Å²) >= 11 is 0. The lowest BCUT2D eigenvalue weighted by molar-refractivity contribution is -0.232. The van der Waals surface area contributed by atoms with E-state index in [1.807, 2.05) is 0 Å². The summed E-state index contributed by atoms with van der Waals surface area (Å²) in [6.45, 7) is -0.967. The standard InChI is InChI=1S/C9H15F3N2O2/c1-16-6-8(9(10,11)12)2-3-14(5-8)7(15)4-13/h2-6,13H2,1H3/t8-/m1/s1. The van der Waals surface area contributed by atoms with E-state index in [1.54, 1.807) is 0 Å². The highest BCUT2D eigenvalue weighted by molar-refractivity contribution is 5.78. The predicted molar refractivity (Wildman–Crippen MR) is 50.6 cm³/mol. The molecule has 1 amide bonds. The number of rotatable bonds is 3. The number of methoxy groups -OCH3 is 1. The second-order valence-corrected chi connectivity index (χ2v) is 3.98. The Morgan fingerprint density at radius 3 is 2.62 bits per heavy atom. The van der Waals surface area contributed by atoms with Gasteiger partial charge >= 0.3 is 6.18 Å². The molecule has 1 rings (SSSR count). The van der Waals surface area contributed by atoms with Crippen LogP contribution in [0.2, 0.25) is 0 Å². The van der Waals surface area contributed by atoms with Crippen molar-refractivity contribution < 1.29 is 22.7 Å². The van der Waals surface area contributed by atoms with E-state index >= 15 is 0 Å². The van der Waals surface area contributed by atoms with Crippen LogP contribution in [-0.2, 0) is 9.53 Å². The van der Waals surface area contributed by atoms with Gasteiger partial charge in [-0.2, -0.15) is 13.2 Å². The average molecular weight is 240 g/mol. The molecular formula is C9H15F3N2O2. The summed E-state index contributed by atoms with van der Waals surface area (Å²) in [5.41, 5.74) is 3.18. The zero-order chi connectivity index (χ0) is 12.4. The van der Waals surface area contributed by atoms with Crippen molar-refractivity contribution >= 4 is 5.91 Å². The van der Waals surface area contributed by atoms with Crippen LogP contribution in [0.4, 0.5) is 13.2 Å². The summed E-state index contributed by atoms with van der Waals surface area (Å²) < 4.78 is 43.3. The number of alkyl halides is 3. The molecule has 1 aliphatic heterocycles. The van der Waals surface area contributed by atoms with E-state index in [9.17, 15) is 18.0 Å². The number of hydrogen-bond acceptors (Lipinski definition) is 3. The maximum absolute atomic E-state index is 12.9. The molecule has 4 nitrogen and oxygen atoms in total. The minimum Gasteiger partial charge on any atom is -0.384 e. The third kappa shape index (κ3) is 2.30. The number of carbonyl (C=O) groups excluding carboxylic acids is 1. The third-order valence-electron chi connectivity index (χ3n) is 2.90. The second kappa shape index (κ2) is 4.58. The van der Waals surface area contributed by atoms with E-state index in [0.29, 0.717) is 0 Å². The molecule has 0 aromatic rings. The van der Waals surface area contributed by atoms with Gasteiger partial charge in [0.05, 0.1) is 13.2 Å². The van der Waals surface area contributed by atoms with E-state index in [4.69, 9.17) is 5.73 Å². The lowest BCUT2D eigenvalue weighted by Gasteiger charge is -2.30. The van der Waals surface area contributed by atoms with E-state index in [2.05, 4.69) is 4.74 Å². The molecule has 16 heavy (non-hydrogen) atoms. The van der Waals surface area contributed by atoms with Crippen LogP contribution in [0.3, 0.4) is 0 Å². The molecule has 0 aromatic heterocycles. The van der Waals surface area contributed by atoms with E-state index in [-0.39, 0.29) is 26.1 Å². The van der Waals surface area contributed by atoms with Crippen molar-refractivity contribution in [2.75, 3.05) is 33.4 Å². The smallest absolute Gasteiger partial charge is 0.384 e. The molecule has 7 heteroatoms. The van der Waals surface area contributed by atoms with Gasteiger partial charge in [-0.15, -0.1) is 0 Å². The van der Waals surface area contributed by atoms with Crippen molar-refractivity contribution in [1.82, 2.24) is 4.90 Å². The van der Waals surface area contributed by atoms with Crippen molar-refractivity contribution in [2.45, 2.75) is 12.6 Å². The summed E-state index contributed by atoms with van der Waals surface area (Å²) in [5, 5.41) is 0. The van der Waals surface area contributed by atoms with E-state index in [1.165, 1.54) is 7.11 Å². The van der Waals surface area contributed by atoms with Crippen molar-refractivity contribution in [3.05, 3.63) is 0 Å². The minimum atomic E-state index is -4.37. The van der Waals surface area contributed by atoms with Crippen LogP contribution in [0.5, 0.6) is 0 Å². The first-order valence-corrected chi connectivity index (χ1v) is 4.90.